The fourth-order valence-electron chi connectivity index (χ4n) is 4.56. The van der Waals surface area contributed by atoms with Crippen molar-refractivity contribution in [2.45, 2.75) is 37.9 Å². The van der Waals surface area contributed by atoms with Gasteiger partial charge in [-0.2, -0.15) is 18.2 Å². The smallest absolute Gasteiger partial charge is 0.446 e. The number of furan rings is 1. The van der Waals surface area contributed by atoms with Crippen LogP contribution in [0.3, 0.4) is 0 Å². The third-order valence-corrected chi connectivity index (χ3v) is 6.47. The summed E-state index contributed by atoms with van der Waals surface area (Å²) in [5, 5.41) is 3.39. The first-order valence-electron chi connectivity index (χ1n) is 10.00. The molecule has 3 aromatic rings. The number of carbonyl (C=O) groups is 1. The molecule has 1 aliphatic heterocycles. The van der Waals surface area contributed by atoms with Crippen LogP contribution >= 0.6 is 11.6 Å². The fraction of sp³-hybridized carbons (Fsp3) is 0.429. The third-order valence-electron chi connectivity index (χ3n) is 6.24. The van der Waals surface area contributed by atoms with Crippen molar-refractivity contribution in [1.82, 2.24) is 10.3 Å². The van der Waals surface area contributed by atoms with Gasteiger partial charge in [-0.3, -0.25) is 4.79 Å². The highest BCUT2D eigenvalue weighted by atomic mass is 35.5. The van der Waals surface area contributed by atoms with E-state index in [2.05, 4.69) is 19.6 Å². The fourth-order valence-corrected chi connectivity index (χ4v) is 4.73. The van der Waals surface area contributed by atoms with Gasteiger partial charge < -0.3 is 19.1 Å². The molecule has 0 atom stereocenters. The maximum Gasteiger partial charge on any atom is 0.449 e. The molecule has 6 nitrogen and oxygen atoms in total. The van der Waals surface area contributed by atoms with E-state index >= 15 is 0 Å². The number of piperidine rings is 1. The number of amides is 1. The summed E-state index contributed by atoms with van der Waals surface area (Å²) in [5.74, 6) is -2.10. The molecule has 1 aliphatic carbocycles. The number of fused-ring (bicyclic) bond motifs is 1. The van der Waals surface area contributed by atoms with Crippen LogP contribution in [0.2, 0.25) is 5.02 Å². The van der Waals surface area contributed by atoms with Crippen LogP contribution in [0.15, 0.2) is 39.2 Å². The van der Waals surface area contributed by atoms with Crippen molar-refractivity contribution < 1.29 is 26.8 Å². The molecule has 1 amide bonds. The number of hydrogen-bond acceptors (Lipinski definition) is 5. The molecule has 31 heavy (non-hydrogen) atoms. The predicted molar refractivity (Wildman–Crippen MR) is 107 cm³/mol. The number of nitrogens with one attached hydrogen (secondary N) is 1. The Morgan fingerprint density at radius 3 is 2.58 bits per heavy atom. The quantitative estimate of drug-likeness (QED) is 0.584. The number of carbonyl (C=O) groups excluding carboxylic acids is 1. The van der Waals surface area contributed by atoms with Crippen LogP contribution in [-0.2, 0) is 6.18 Å². The van der Waals surface area contributed by atoms with E-state index in [4.69, 9.17) is 16.0 Å². The lowest BCUT2D eigenvalue weighted by Gasteiger charge is -2.52. The molecular formula is C21H19ClF3N3O3. The normalized spacial score (nSPS) is 19.0. The molecule has 5 rings (SSSR count). The molecule has 1 aromatic carbocycles. The van der Waals surface area contributed by atoms with Crippen LogP contribution in [0.25, 0.3) is 11.1 Å². The van der Waals surface area contributed by atoms with E-state index < -0.39 is 17.8 Å². The lowest BCUT2D eigenvalue weighted by atomic mass is 9.60. The topological polar surface area (TPSA) is 71.5 Å². The molecule has 2 aromatic heterocycles. The van der Waals surface area contributed by atoms with Crippen molar-refractivity contribution in [1.29, 1.82) is 0 Å². The molecule has 1 saturated carbocycles. The van der Waals surface area contributed by atoms with Gasteiger partial charge in [0.05, 0.1) is 0 Å². The van der Waals surface area contributed by atoms with Gasteiger partial charge in [-0.15, -0.1) is 0 Å². The van der Waals surface area contributed by atoms with E-state index in [9.17, 15) is 18.0 Å². The van der Waals surface area contributed by atoms with Crippen molar-refractivity contribution in [3.05, 3.63) is 46.9 Å². The molecule has 10 heteroatoms. The molecule has 3 heterocycles. The maximum atomic E-state index is 12.6. The zero-order valence-electron chi connectivity index (χ0n) is 16.3. The van der Waals surface area contributed by atoms with Gasteiger partial charge in [0.1, 0.15) is 5.52 Å². The number of oxazole rings is 1. The van der Waals surface area contributed by atoms with Gasteiger partial charge in [0.2, 0.25) is 5.76 Å². The number of anilines is 1. The molecule has 164 valence electrons. The van der Waals surface area contributed by atoms with Gasteiger partial charge in [-0.1, -0.05) is 11.6 Å². The summed E-state index contributed by atoms with van der Waals surface area (Å²) in [4.78, 5) is 18.8. The summed E-state index contributed by atoms with van der Waals surface area (Å²) in [7, 11) is 0. The van der Waals surface area contributed by atoms with E-state index in [-0.39, 0.29) is 17.2 Å². The summed E-state index contributed by atoms with van der Waals surface area (Å²) in [6, 6.07) is 7.67. The minimum atomic E-state index is -4.60. The Kier molecular flexibility index (Phi) is 4.69. The number of halogens is 4. The van der Waals surface area contributed by atoms with Gasteiger partial charge in [-0.05, 0) is 61.4 Å². The van der Waals surface area contributed by atoms with E-state index in [1.807, 2.05) is 0 Å². The van der Waals surface area contributed by atoms with Crippen LogP contribution in [0.4, 0.5) is 19.2 Å². The summed E-state index contributed by atoms with van der Waals surface area (Å²) in [6.07, 6.45) is -1.16. The van der Waals surface area contributed by atoms with Gasteiger partial charge in [0, 0.05) is 24.2 Å². The Hall–Kier alpha value is -2.68. The van der Waals surface area contributed by atoms with Crippen LogP contribution in [0.1, 0.15) is 42.0 Å². The summed E-state index contributed by atoms with van der Waals surface area (Å²) >= 11 is 6.01. The van der Waals surface area contributed by atoms with Crippen molar-refractivity contribution in [3.63, 3.8) is 0 Å². The lowest BCUT2D eigenvalue weighted by molar-refractivity contribution is -0.153. The maximum absolute atomic E-state index is 12.6. The summed E-state index contributed by atoms with van der Waals surface area (Å²) < 4.78 is 48.4. The Morgan fingerprint density at radius 2 is 1.90 bits per heavy atom. The molecule has 0 unspecified atom stereocenters. The highest BCUT2D eigenvalue weighted by molar-refractivity contribution is 6.31. The van der Waals surface area contributed by atoms with E-state index in [0.717, 1.165) is 56.4 Å². The molecule has 0 bridgehead atoms. The van der Waals surface area contributed by atoms with E-state index in [1.165, 1.54) is 0 Å². The number of aromatic nitrogens is 1. The molecule has 1 saturated heterocycles. The van der Waals surface area contributed by atoms with Crippen molar-refractivity contribution in [3.8, 4) is 0 Å². The highest BCUT2D eigenvalue weighted by Crippen LogP contribution is 2.49. The second-order valence-corrected chi connectivity index (χ2v) is 8.77. The molecule has 1 N–H and O–H groups in total. The Bertz CT molecular complexity index is 1120. The van der Waals surface area contributed by atoms with E-state index in [1.54, 1.807) is 18.2 Å². The van der Waals surface area contributed by atoms with Crippen LogP contribution in [0, 0.1) is 5.41 Å². The summed E-state index contributed by atoms with van der Waals surface area (Å²) in [6.45, 7) is 1.57. The van der Waals surface area contributed by atoms with Gasteiger partial charge in [-0.25, -0.2) is 0 Å². The van der Waals surface area contributed by atoms with Crippen LogP contribution in [-0.4, -0.2) is 30.0 Å². The zero-order valence-corrected chi connectivity index (χ0v) is 17.1. The van der Waals surface area contributed by atoms with Crippen molar-refractivity contribution in [2.24, 2.45) is 5.41 Å². The summed E-state index contributed by atoms with van der Waals surface area (Å²) in [5.41, 5.74) is 1.54. The first kappa shape index (κ1) is 20.2. The Balaban J connectivity index is 1.15. The number of hydrogen-bond donors (Lipinski definition) is 1. The predicted octanol–water partition coefficient (Wildman–Crippen LogP) is 5.27. The van der Waals surface area contributed by atoms with Crippen molar-refractivity contribution in [2.75, 3.05) is 18.0 Å². The number of nitrogens with zero attached hydrogens (tertiary/aromatic N) is 2. The third kappa shape index (κ3) is 3.86. The minimum Gasteiger partial charge on any atom is -0.446 e. The Labute approximate surface area is 180 Å². The zero-order chi connectivity index (χ0) is 21.8. The molecule has 2 fully saturated rings. The second kappa shape index (κ2) is 7.19. The Morgan fingerprint density at radius 1 is 1.16 bits per heavy atom. The van der Waals surface area contributed by atoms with E-state index in [0.29, 0.717) is 16.6 Å². The molecular weight excluding hydrogens is 435 g/mol. The van der Waals surface area contributed by atoms with Gasteiger partial charge in [0.15, 0.2) is 11.3 Å². The molecule has 1 spiro atoms. The monoisotopic (exact) mass is 453 g/mol. The second-order valence-electron chi connectivity index (χ2n) is 8.34. The number of alkyl halides is 3. The lowest BCUT2D eigenvalue weighted by Crippen LogP contribution is -2.55. The van der Waals surface area contributed by atoms with Crippen LogP contribution in [0.5, 0.6) is 0 Å². The first-order chi connectivity index (χ1) is 14.7. The SMILES string of the molecule is O=C(NC1CC2(CCN(c3nc4cc(Cl)ccc4o3)CC2)C1)c1ccc(C(F)(F)F)o1. The average Bonchev–Trinajstić information content (AvgIpc) is 3.34. The standard InChI is InChI=1S/C21H19ClF3N3O3/c22-12-1-2-15-14(9-12)27-19(31-15)28-7-5-20(6-8-28)10-13(11-20)26-18(29)16-3-4-17(30-16)21(23,24)25/h1-4,9,13H,5-8,10-11H2,(H,26,29). The minimum absolute atomic E-state index is 0.0649. The van der Waals surface area contributed by atoms with Crippen LogP contribution < -0.4 is 10.2 Å². The first-order valence-corrected chi connectivity index (χ1v) is 10.4. The number of benzene rings is 1. The average molecular weight is 454 g/mol. The number of rotatable bonds is 3. The van der Waals surface area contributed by atoms with Gasteiger partial charge in [0.25, 0.3) is 11.9 Å². The highest BCUT2D eigenvalue weighted by Gasteiger charge is 2.47. The largest absolute Gasteiger partial charge is 0.449 e. The molecule has 2 aliphatic rings. The van der Waals surface area contributed by atoms with Gasteiger partial charge >= 0.3 is 6.18 Å². The molecule has 0 radical (unpaired) electrons. The van der Waals surface area contributed by atoms with Crippen molar-refractivity contribution >= 4 is 34.6 Å².